The van der Waals surface area contributed by atoms with Gasteiger partial charge in [-0.2, -0.15) is 0 Å². The summed E-state index contributed by atoms with van der Waals surface area (Å²) in [5.41, 5.74) is 1.73. The van der Waals surface area contributed by atoms with E-state index in [1.54, 1.807) is 39.0 Å². The van der Waals surface area contributed by atoms with Gasteiger partial charge in [0.15, 0.2) is 0 Å². The molecule has 22 heavy (non-hydrogen) atoms. The molecule has 0 aliphatic carbocycles. The highest BCUT2D eigenvalue weighted by molar-refractivity contribution is 6.42. The first-order valence-corrected chi connectivity index (χ1v) is 7.71. The van der Waals surface area contributed by atoms with E-state index in [1.807, 2.05) is 0 Å². The quantitative estimate of drug-likeness (QED) is 0.850. The maximum Gasteiger partial charge on any atom is 0.336 e. The Balaban J connectivity index is 2.45. The van der Waals surface area contributed by atoms with Crippen molar-refractivity contribution in [1.29, 1.82) is 0 Å². The van der Waals surface area contributed by atoms with Gasteiger partial charge in [-0.25, -0.2) is 4.79 Å². The van der Waals surface area contributed by atoms with Gasteiger partial charge in [-0.1, -0.05) is 29.3 Å². The van der Waals surface area contributed by atoms with Crippen molar-refractivity contribution in [3.8, 4) is 0 Å². The smallest absolute Gasteiger partial charge is 0.336 e. The van der Waals surface area contributed by atoms with Crippen LogP contribution < -0.4 is 5.32 Å². The lowest BCUT2D eigenvalue weighted by Crippen LogP contribution is -2.34. The zero-order chi connectivity index (χ0) is 16.4. The molecule has 1 aliphatic heterocycles. The average molecular weight is 342 g/mol. The Bertz CT molecular complexity index is 653. The Kier molecular flexibility index (Phi) is 5.14. The Labute approximate surface area is 139 Å². The molecule has 1 aromatic rings. The molecule has 2 rings (SSSR count). The van der Waals surface area contributed by atoms with Crippen LogP contribution >= 0.6 is 23.2 Å². The number of nitrogens with one attached hydrogen (secondary N) is 1. The zero-order valence-corrected chi connectivity index (χ0v) is 14.1. The molecular formula is C16H17Cl2NO3. The number of esters is 1. The van der Waals surface area contributed by atoms with Gasteiger partial charge in [-0.05, 0) is 38.5 Å². The van der Waals surface area contributed by atoms with Crippen molar-refractivity contribution in [2.75, 3.05) is 0 Å². The monoisotopic (exact) mass is 341 g/mol. The van der Waals surface area contributed by atoms with Crippen molar-refractivity contribution in [2.45, 2.75) is 39.2 Å². The number of hydrogen-bond donors (Lipinski definition) is 1. The van der Waals surface area contributed by atoms with Crippen LogP contribution in [0, 0.1) is 0 Å². The number of hydrogen-bond acceptors (Lipinski definition) is 3. The van der Waals surface area contributed by atoms with E-state index in [0.717, 1.165) is 5.56 Å². The number of ether oxygens (including phenoxy) is 1. The molecule has 0 saturated heterocycles. The van der Waals surface area contributed by atoms with Gasteiger partial charge >= 0.3 is 5.97 Å². The third kappa shape index (κ3) is 3.62. The summed E-state index contributed by atoms with van der Waals surface area (Å²) in [6, 6.07) is 5.11. The minimum absolute atomic E-state index is 0.144. The molecule has 1 aliphatic rings. The van der Waals surface area contributed by atoms with Crippen molar-refractivity contribution in [2.24, 2.45) is 0 Å². The maximum atomic E-state index is 12.4. The van der Waals surface area contributed by atoms with E-state index in [4.69, 9.17) is 27.9 Å². The van der Waals surface area contributed by atoms with Gasteiger partial charge < -0.3 is 10.1 Å². The molecule has 4 nitrogen and oxygen atoms in total. The Morgan fingerprint density at radius 2 is 2.00 bits per heavy atom. The summed E-state index contributed by atoms with van der Waals surface area (Å²) in [4.78, 5) is 24.2. The highest BCUT2D eigenvalue weighted by Gasteiger charge is 2.33. The van der Waals surface area contributed by atoms with E-state index in [0.29, 0.717) is 21.3 Å². The fourth-order valence-corrected chi connectivity index (χ4v) is 2.77. The summed E-state index contributed by atoms with van der Waals surface area (Å²) >= 11 is 12.0. The molecule has 118 valence electrons. The number of amides is 1. The normalized spacial score (nSPS) is 18.5. The largest absolute Gasteiger partial charge is 0.460 e. The van der Waals surface area contributed by atoms with E-state index in [2.05, 4.69) is 5.32 Å². The molecule has 0 saturated carbocycles. The molecule has 0 unspecified atom stereocenters. The van der Waals surface area contributed by atoms with Gasteiger partial charge in [0.05, 0.1) is 21.7 Å². The third-order valence-corrected chi connectivity index (χ3v) is 4.12. The first-order valence-electron chi connectivity index (χ1n) is 6.96. The fraction of sp³-hybridized carbons (Fsp3) is 0.375. The molecule has 1 atom stereocenters. The van der Waals surface area contributed by atoms with E-state index >= 15 is 0 Å². The first-order chi connectivity index (χ1) is 10.3. The maximum absolute atomic E-state index is 12.4. The molecule has 0 fully saturated rings. The lowest BCUT2D eigenvalue weighted by Gasteiger charge is -2.27. The number of carbonyl (C=O) groups is 2. The zero-order valence-electron chi connectivity index (χ0n) is 12.6. The SMILES string of the molecule is CC1=C(C(=O)OC(C)C)[C@@H](c2ccc(Cl)c(Cl)c2)CC(=O)N1. The molecule has 1 amide bonds. The predicted octanol–water partition coefficient (Wildman–Crippen LogP) is 3.82. The van der Waals surface area contributed by atoms with E-state index in [-0.39, 0.29) is 18.4 Å². The van der Waals surface area contributed by atoms with E-state index < -0.39 is 11.9 Å². The van der Waals surface area contributed by atoms with Crippen molar-refractivity contribution >= 4 is 35.1 Å². The number of allylic oxidation sites excluding steroid dienone is 1. The fourth-order valence-electron chi connectivity index (χ4n) is 2.46. The third-order valence-electron chi connectivity index (χ3n) is 3.38. The molecule has 0 spiro atoms. The number of benzene rings is 1. The molecule has 1 N–H and O–H groups in total. The van der Waals surface area contributed by atoms with Crippen LogP contribution in [0.4, 0.5) is 0 Å². The van der Waals surface area contributed by atoms with Crippen LogP contribution in [0.2, 0.25) is 10.0 Å². The molecule has 0 radical (unpaired) electrons. The second-order valence-electron chi connectivity index (χ2n) is 5.47. The van der Waals surface area contributed by atoms with Crippen LogP contribution in [0.5, 0.6) is 0 Å². The number of carbonyl (C=O) groups excluding carboxylic acids is 2. The second-order valence-corrected chi connectivity index (χ2v) is 6.29. The summed E-state index contributed by atoms with van der Waals surface area (Å²) in [5, 5.41) is 3.51. The van der Waals surface area contributed by atoms with Gasteiger partial charge in [-0.3, -0.25) is 4.79 Å². The van der Waals surface area contributed by atoms with Gasteiger partial charge in [0.25, 0.3) is 0 Å². The number of halogens is 2. The first kappa shape index (κ1) is 16.8. The molecule has 1 aromatic carbocycles. The summed E-state index contributed by atoms with van der Waals surface area (Å²) in [5.74, 6) is -0.965. The standard InChI is InChI=1S/C16H17Cl2NO3/c1-8(2)22-16(21)15-9(3)19-14(20)7-11(15)10-4-5-12(17)13(18)6-10/h4-6,8,11H,7H2,1-3H3,(H,19,20)/t11-/m1/s1. The summed E-state index contributed by atoms with van der Waals surface area (Å²) < 4.78 is 5.29. The van der Waals surface area contributed by atoms with Crippen LogP contribution in [0.1, 0.15) is 38.7 Å². The Hall–Kier alpha value is -1.52. The highest BCUT2D eigenvalue weighted by Crippen LogP contribution is 2.36. The second kappa shape index (κ2) is 6.71. The Morgan fingerprint density at radius 3 is 2.59 bits per heavy atom. The Morgan fingerprint density at radius 1 is 1.32 bits per heavy atom. The summed E-state index contributed by atoms with van der Waals surface area (Å²) in [7, 11) is 0. The average Bonchev–Trinajstić information content (AvgIpc) is 2.39. The number of rotatable bonds is 3. The molecule has 6 heteroatoms. The van der Waals surface area contributed by atoms with Crippen molar-refractivity contribution in [1.82, 2.24) is 5.32 Å². The summed E-state index contributed by atoms with van der Waals surface area (Å²) in [6.45, 7) is 5.26. The molecular weight excluding hydrogens is 325 g/mol. The van der Waals surface area contributed by atoms with Crippen molar-refractivity contribution < 1.29 is 14.3 Å². The highest BCUT2D eigenvalue weighted by atomic mass is 35.5. The van der Waals surface area contributed by atoms with Crippen LogP contribution in [-0.2, 0) is 14.3 Å². The molecule has 1 heterocycles. The topological polar surface area (TPSA) is 55.4 Å². The predicted molar refractivity (Wildman–Crippen MR) is 85.9 cm³/mol. The van der Waals surface area contributed by atoms with E-state index in [9.17, 15) is 9.59 Å². The summed E-state index contributed by atoms with van der Waals surface area (Å²) in [6.07, 6.45) is -0.0717. The minimum atomic E-state index is -0.427. The van der Waals surface area contributed by atoms with Crippen LogP contribution in [0.25, 0.3) is 0 Å². The van der Waals surface area contributed by atoms with Crippen molar-refractivity contribution in [3.05, 3.63) is 45.1 Å². The van der Waals surface area contributed by atoms with Crippen LogP contribution in [0.3, 0.4) is 0 Å². The van der Waals surface area contributed by atoms with Gasteiger partial charge in [-0.15, -0.1) is 0 Å². The lowest BCUT2D eigenvalue weighted by atomic mass is 9.84. The van der Waals surface area contributed by atoms with E-state index in [1.165, 1.54) is 0 Å². The van der Waals surface area contributed by atoms with Gasteiger partial charge in [0.2, 0.25) is 5.91 Å². The minimum Gasteiger partial charge on any atom is -0.460 e. The van der Waals surface area contributed by atoms with Crippen LogP contribution in [-0.4, -0.2) is 18.0 Å². The molecule has 0 bridgehead atoms. The van der Waals surface area contributed by atoms with Crippen molar-refractivity contribution in [3.63, 3.8) is 0 Å². The van der Waals surface area contributed by atoms with Gasteiger partial charge in [0, 0.05) is 18.0 Å². The molecule has 0 aromatic heterocycles. The van der Waals surface area contributed by atoms with Gasteiger partial charge in [0.1, 0.15) is 0 Å². The lowest BCUT2D eigenvalue weighted by molar-refractivity contribution is -0.143. The van der Waals surface area contributed by atoms with Crippen LogP contribution in [0.15, 0.2) is 29.5 Å².